The fraction of sp³-hybridized carbons (Fsp3) is 0.462. The topological polar surface area (TPSA) is 49.3 Å². The third-order valence-corrected chi connectivity index (χ3v) is 3.84. The SMILES string of the molecule is CC(NC(C(=O)O)C1CC1)c1ccc(F)c(Br)c1. The van der Waals surface area contributed by atoms with Crippen molar-refractivity contribution in [3.05, 3.63) is 34.1 Å². The lowest BCUT2D eigenvalue weighted by Crippen LogP contribution is -2.40. The highest BCUT2D eigenvalue weighted by molar-refractivity contribution is 9.10. The summed E-state index contributed by atoms with van der Waals surface area (Å²) >= 11 is 3.13. The van der Waals surface area contributed by atoms with Gasteiger partial charge in [-0.2, -0.15) is 0 Å². The molecule has 2 N–H and O–H groups in total. The molecule has 0 bridgehead atoms. The van der Waals surface area contributed by atoms with Gasteiger partial charge in [-0.1, -0.05) is 6.07 Å². The second-order valence-corrected chi connectivity index (χ2v) is 5.57. The van der Waals surface area contributed by atoms with Gasteiger partial charge in [-0.3, -0.25) is 10.1 Å². The molecule has 5 heteroatoms. The van der Waals surface area contributed by atoms with Gasteiger partial charge in [0, 0.05) is 6.04 Å². The Kier molecular flexibility index (Phi) is 4.02. The molecule has 2 rings (SSSR count). The Morgan fingerprint density at radius 2 is 2.22 bits per heavy atom. The van der Waals surface area contributed by atoms with Crippen LogP contribution in [0.2, 0.25) is 0 Å². The van der Waals surface area contributed by atoms with Crippen LogP contribution in [0.25, 0.3) is 0 Å². The Labute approximate surface area is 114 Å². The molecule has 18 heavy (non-hydrogen) atoms. The zero-order chi connectivity index (χ0) is 13.3. The summed E-state index contributed by atoms with van der Waals surface area (Å²) in [6.45, 7) is 1.89. The van der Waals surface area contributed by atoms with Crippen LogP contribution >= 0.6 is 15.9 Å². The van der Waals surface area contributed by atoms with Gasteiger partial charge in [0.1, 0.15) is 11.9 Å². The highest BCUT2D eigenvalue weighted by atomic mass is 79.9. The van der Waals surface area contributed by atoms with Crippen LogP contribution in [0, 0.1) is 11.7 Å². The number of carboxylic acid groups (broad SMARTS) is 1. The molecule has 98 valence electrons. The van der Waals surface area contributed by atoms with Crippen LogP contribution in [0.1, 0.15) is 31.4 Å². The van der Waals surface area contributed by atoms with Crippen LogP contribution in [0.4, 0.5) is 4.39 Å². The number of aliphatic carboxylic acids is 1. The number of nitrogens with one attached hydrogen (secondary N) is 1. The summed E-state index contributed by atoms with van der Waals surface area (Å²) in [6, 6.07) is 4.10. The molecule has 1 saturated carbocycles. The van der Waals surface area contributed by atoms with Crippen LogP contribution in [0.15, 0.2) is 22.7 Å². The minimum absolute atomic E-state index is 0.122. The lowest BCUT2D eigenvalue weighted by Gasteiger charge is -2.20. The van der Waals surface area contributed by atoms with Gasteiger partial charge in [0.2, 0.25) is 0 Å². The summed E-state index contributed by atoms with van der Waals surface area (Å²) in [7, 11) is 0. The summed E-state index contributed by atoms with van der Waals surface area (Å²) in [6.07, 6.45) is 1.92. The summed E-state index contributed by atoms with van der Waals surface area (Å²) in [5, 5.41) is 12.2. The van der Waals surface area contributed by atoms with E-state index in [4.69, 9.17) is 5.11 Å². The number of carbonyl (C=O) groups is 1. The van der Waals surface area contributed by atoms with Gasteiger partial charge in [0.05, 0.1) is 4.47 Å². The van der Waals surface area contributed by atoms with Gasteiger partial charge in [0.15, 0.2) is 0 Å². The average molecular weight is 316 g/mol. The molecule has 0 aliphatic heterocycles. The van der Waals surface area contributed by atoms with Crippen molar-refractivity contribution in [2.75, 3.05) is 0 Å². The fourth-order valence-corrected chi connectivity index (χ4v) is 2.38. The lowest BCUT2D eigenvalue weighted by molar-refractivity contribution is -0.140. The van der Waals surface area contributed by atoms with Crippen LogP contribution in [-0.2, 0) is 4.79 Å². The minimum atomic E-state index is -0.814. The van der Waals surface area contributed by atoms with Crippen LogP contribution in [0.5, 0.6) is 0 Å². The van der Waals surface area contributed by atoms with E-state index in [1.165, 1.54) is 6.07 Å². The minimum Gasteiger partial charge on any atom is -0.480 e. The van der Waals surface area contributed by atoms with Crippen LogP contribution < -0.4 is 5.32 Å². The van der Waals surface area contributed by atoms with Gasteiger partial charge in [-0.05, 0) is 59.3 Å². The average Bonchev–Trinajstić information content (AvgIpc) is 3.13. The van der Waals surface area contributed by atoms with E-state index < -0.39 is 12.0 Å². The van der Waals surface area contributed by atoms with E-state index in [1.807, 2.05) is 6.92 Å². The van der Waals surface area contributed by atoms with E-state index in [2.05, 4.69) is 21.2 Å². The molecule has 1 aliphatic carbocycles. The zero-order valence-electron chi connectivity index (χ0n) is 9.99. The second-order valence-electron chi connectivity index (χ2n) is 4.72. The maximum Gasteiger partial charge on any atom is 0.320 e. The number of benzene rings is 1. The number of hydrogen-bond donors (Lipinski definition) is 2. The van der Waals surface area contributed by atoms with Crippen molar-refractivity contribution in [1.82, 2.24) is 5.32 Å². The van der Waals surface area contributed by atoms with Crippen LogP contribution in [0.3, 0.4) is 0 Å². The van der Waals surface area contributed by atoms with E-state index in [0.29, 0.717) is 4.47 Å². The molecule has 0 heterocycles. The quantitative estimate of drug-likeness (QED) is 0.877. The molecule has 0 radical (unpaired) electrons. The van der Waals surface area contributed by atoms with Gasteiger partial charge in [-0.15, -0.1) is 0 Å². The second kappa shape index (κ2) is 5.36. The molecule has 3 nitrogen and oxygen atoms in total. The smallest absolute Gasteiger partial charge is 0.320 e. The monoisotopic (exact) mass is 315 g/mol. The van der Waals surface area contributed by atoms with E-state index in [0.717, 1.165) is 18.4 Å². The van der Waals surface area contributed by atoms with Gasteiger partial charge < -0.3 is 5.11 Å². The summed E-state index contributed by atoms with van der Waals surface area (Å²) < 4.78 is 13.5. The van der Waals surface area contributed by atoms with Crippen molar-refractivity contribution in [3.8, 4) is 0 Å². The van der Waals surface area contributed by atoms with E-state index in [1.54, 1.807) is 12.1 Å². The zero-order valence-corrected chi connectivity index (χ0v) is 11.6. The first kappa shape index (κ1) is 13.5. The molecule has 2 atom stereocenters. The fourth-order valence-electron chi connectivity index (χ4n) is 1.99. The first-order valence-electron chi connectivity index (χ1n) is 5.93. The third kappa shape index (κ3) is 3.09. The predicted molar refractivity (Wildman–Crippen MR) is 69.8 cm³/mol. The summed E-state index contributed by atoms with van der Waals surface area (Å²) in [5.74, 6) is -0.901. The van der Waals surface area contributed by atoms with E-state index in [9.17, 15) is 9.18 Å². The van der Waals surface area contributed by atoms with Crippen molar-refractivity contribution in [3.63, 3.8) is 0 Å². The Morgan fingerprint density at radius 1 is 1.56 bits per heavy atom. The highest BCUT2D eigenvalue weighted by Gasteiger charge is 2.36. The van der Waals surface area contributed by atoms with Crippen molar-refractivity contribution >= 4 is 21.9 Å². The normalized spacial score (nSPS) is 18.4. The molecule has 1 aromatic rings. The lowest BCUT2D eigenvalue weighted by atomic mass is 10.1. The maximum absolute atomic E-state index is 13.1. The van der Waals surface area contributed by atoms with E-state index in [-0.39, 0.29) is 17.8 Å². The molecule has 1 aromatic carbocycles. The first-order chi connectivity index (χ1) is 8.49. The molecule has 0 amide bonds. The van der Waals surface area contributed by atoms with E-state index >= 15 is 0 Å². The Hall–Kier alpha value is -0.940. The van der Waals surface area contributed by atoms with Gasteiger partial charge in [-0.25, -0.2) is 4.39 Å². The summed E-state index contributed by atoms with van der Waals surface area (Å²) in [5.41, 5.74) is 0.871. The van der Waals surface area contributed by atoms with Crippen molar-refractivity contribution in [1.29, 1.82) is 0 Å². The molecular formula is C13H15BrFNO2. The standard InChI is InChI=1S/C13H15BrFNO2/c1-7(9-4-5-11(15)10(14)6-9)16-12(13(17)18)8-2-3-8/h4-8,12,16H,2-3H2,1H3,(H,17,18). The molecule has 0 spiro atoms. The number of carboxylic acids is 1. The molecule has 2 unspecified atom stereocenters. The highest BCUT2D eigenvalue weighted by Crippen LogP contribution is 2.34. The van der Waals surface area contributed by atoms with Crippen molar-refractivity contribution < 1.29 is 14.3 Å². The summed E-state index contributed by atoms with van der Waals surface area (Å²) in [4.78, 5) is 11.1. The molecule has 0 aromatic heterocycles. The van der Waals surface area contributed by atoms with Crippen molar-refractivity contribution in [2.45, 2.75) is 31.8 Å². The maximum atomic E-state index is 13.1. The Morgan fingerprint density at radius 3 is 2.72 bits per heavy atom. The number of hydrogen-bond acceptors (Lipinski definition) is 2. The Balaban J connectivity index is 2.08. The largest absolute Gasteiger partial charge is 0.480 e. The first-order valence-corrected chi connectivity index (χ1v) is 6.72. The molecule has 0 saturated heterocycles. The molecular weight excluding hydrogens is 301 g/mol. The van der Waals surface area contributed by atoms with Gasteiger partial charge >= 0.3 is 5.97 Å². The molecule has 1 fully saturated rings. The number of rotatable bonds is 5. The third-order valence-electron chi connectivity index (χ3n) is 3.23. The van der Waals surface area contributed by atoms with Gasteiger partial charge in [0.25, 0.3) is 0 Å². The van der Waals surface area contributed by atoms with Crippen LogP contribution in [-0.4, -0.2) is 17.1 Å². The van der Waals surface area contributed by atoms with Crippen molar-refractivity contribution in [2.24, 2.45) is 5.92 Å². The Bertz CT molecular complexity index is 462. The predicted octanol–water partition coefficient (Wildman–Crippen LogP) is 3.10. The number of halogens is 2. The molecule has 1 aliphatic rings.